The molecule has 0 radical (unpaired) electrons. The van der Waals surface area contributed by atoms with Crippen molar-refractivity contribution in [3.8, 4) is 0 Å². The van der Waals surface area contributed by atoms with E-state index in [1.165, 1.54) is 0 Å². The predicted molar refractivity (Wildman–Crippen MR) is 157 cm³/mol. The van der Waals surface area contributed by atoms with Gasteiger partial charge in [0.1, 0.15) is 5.41 Å². The molecule has 5 heterocycles. The Hall–Kier alpha value is -3.67. The van der Waals surface area contributed by atoms with Crippen LogP contribution in [0.3, 0.4) is 0 Å². The number of aromatic amines is 1. The number of piperidine rings is 1. The average Bonchev–Trinajstić information content (AvgIpc) is 3.44. The van der Waals surface area contributed by atoms with Gasteiger partial charge in [0.25, 0.3) is 0 Å². The molecule has 1 aromatic carbocycles. The van der Waals surface area contributed by atoms with E-state index in [2.05, 4.69) is 42.4 Å². The van der Waals surface area contributed by atoms with Gasteiger partial charge in [0.05, 0.1) is 17.3 Å². The number of amides is 2. The molecule has 1 spiro atoms. The molecule has 1 N–H and O–H groups in total. The third kappa shape index (κ3) is 4.21. The summed E-state index contributed by atoms with van der Waals surface area (Å²) < 4.78 is 0. The first kappa shape index (κ1) is 25.6. The van der Waals surface area contributed by atoms with Gasteiger partial charge in [0.2, 0.25) is 11.8 Å². The summed E-state index contributed by atoms with van der Waals surface area (Å²) in [6, 6.07) is 10.2. The summed E-state index contributed by atoms with van der Waals surface area (Å²) >= 11 is 0. The summed E-state index contributed by atoms with van der Waals surface area (Å²) in [5, 5.41) is 2.22. The molecule has 0 saturated carbocycles. The van der Waals surface area contributed by atoms with Gasteiger partial charge < -0.3 is 14.8 Å². The highest BCUT2D eigenvalue weighted by Gasteiger charge is 2.63. The Morgan fingerprint density at radius 1 is 1.10 bits per heavy atom. The van der Waals surface area contributed by atoms with Crippen molar-refractivity contribution in [1.29, 1.82) is 0 Å². The molecule has 3 aliphatic heterocycles. The van der Waals surface area contributed by atoms with E-state index in [1.807, 2.05) is 40.3 Å². The number of nitrogens with zero attached hydrogens (tertiary/aromatic N) is 3. The normalized spacial score (nSPS) is 26.2. The molecule has 0 aliphatic carbocycles. The van der Waals surface area contributed by atoms with Gasteiger partial charge >= 0.3 is 0 Å². The van der Waals surface area contributed by atoms with Gasteiger partial charge in [0.15, 0.2) is 0 Å². The van der Waals surface area contributed by atoms with Crippen LogP contribution in [0.4, 0.5) is 0 Å². The molecular weight excluding hydrogens is 484 g/mol. The van der Waals surface area contributed by atoms with Gasteiger partial charge in [-0.1, -0.05) is 43.0 Å². The fourth-order valence-electron chi connectivity index (χ4n) is 7.16. The number of para-hydroxylation sites is 1. The van der Waals surface area contributed by atoms with Crippen molar-refractivity contribution in [2.75, 3.05) is 19.6 Å². The SMILES string of the molecule is C=CCCCCN1CC[C@H](C(=C)c2nccc3c2[nH]c2ccccc23)[C@]2(C[C@@H]3/C=C\CCCCN3C2=O)C1=O. The van der Waals surface area contributed by atoms with E-state index >= 15 is 0 Å². The molecule has 6 rings (SSSR count). The smallest absolute Gasteiger partial charge is 0.239 e. The van der Waals surface area contributed by atoms with Gasteiger partial charge in [0, 0.05) is 48.0 Å². The molecular formula is C33H38N4O2. The lowest BCUT2D eigenvalue weighted by Crippen LogP contribution is -2.57. The number of fused-ring (bicyclic) bond motifs is 4. The maximum atomic E-state index is 14.5. The number of carbonyl (C=O) groups is 2. The number of carbonyl (C=O) groups excluding carboxylic acids is 2. The second kappa shape index (κ2) is 10.5. The van der Waals surface area contributed by atoms with Crippen LogP contribution in [0.1, 0.15) is 57.1 Å². The van der Waals surface area contributed by atoms with E-state index in [1.54, 1.807) is 0 Å². The lowest BCUT2D eigenvalue weighted by molar-refractivity contribution is -0.158. The zero-order valence-corrected chi connectivity index (χ0v) is 22.7. The van der Waals surface area contributed by atoms with Crippen LogP contribution in [0.2, 0.25) is 0 Å². The topological polar surface area (TPSA) is 69.3 Å². The number of rotatable bonds is 7. The molecule has 6 nitrogen and oxygen atoms in total. The van der Waals surface area contributed by atoms with E-state index in [-0.39, 0.29) is 23.8 Å². The number of hydrogen-bond acceptors (Lipinski definition) is 3. The van der Waals surface area contributed by atoms with Gasteiger partial charge in [-0.15, -0.1) is 6.58 Å². The van der Waals surface area contributed by atoms with Gasteiger partial charge in [-0.25, -0.2) is 0 Å². The highest BCUT2D eigenvalue weighted by atomic mass is 16.2. The van der Waals surface area contributed by atoms with Crippen LogP contribution in [0.25, 0.3) is 27.4 Å². The fraction of sp³-hybridized carbons (Fsp3) is 0.424. The molecule has 3 aliphatic rings. The van der Waals surface area contributed by atoms with E-state index in [4.69, 9.17) is 4.98 Å². The quantitative estimate of drug-likeness (QED) is 0.226. The molecule has 39 heavy (non-hydrogen) atoms. The minimum Gasteiger partial charge on any atom is -0.353 e. The molecule has 0 unspecified atom stereocenters. The summed E-state index contributed by atoms with van der Waals surface area (Å²) in [6.07, 6.45) is 15.2. The van der Waals surface area contributed by atoms with Crippen molar-refractivity contribution < 1.29 is 9.59 Å². The van der Waals surface area contributed by atoms with Crippen molar-refractivity contribution in [3.63, 3.8) is 0 Å². The Balaban J connectivity index is 1.41. The third-order valence-corrected chi connectivity index (χ3v) is 9.14. The first-order valence-corrected chi connectivity index (χ1v) is 14.5. The molecule has 6 heteroatoms. The molecule has 2 saturated heterocycles. The summed E-state index contributed by atoms with van der Waals surface area (Å²) in [4.78, 5) is 41.1. The van der Waals surface area contributed by atoms with Crippen LogP contribution in [-0.4, -0.2) is 57.3 Å². The minimum absolute atomic E-state index is 0.0187. The highest BCUT2D eigenvalue weighted by Crippen LogP contribution is 2.53. The summed E-state index contributed by atoms with van der Waals surface area (Å²) in [6.45, 7) is 10.4. The Kier molecular flexibility index (Phi) is 6.88. The average molecular weight is 523 g/mol. The Morgan fingerprint density at radius 2 is 1.97 bits per heavy atom. The first-order chi connectivity index (χ1) is 19.1. The van der Waals surface area contributed by atoms with Crippen molar-refractivity contribution in [2.45, 2.75) is 57.4 Å². The monoisotopic (exact) mass is 522 g/mol. The number of allylic oxidation sites excluding steroid dienone is 3. The molecule has 3 atom stereocenters. The third-order valence-electron chi connectivity index (χ3n) is 9.14. The van der Waals surface area contributed by atoms with Gasteiger partial charge in [-0.3, -0.25) is 14.6 Å². The lowest BCUT2D eigenvalue weighted by atomic mass is 9.64. The van der Waals surface area contributed by atoms with Crippen LogP contribution < -0.4 is 0 Å². The Bertz CT molecular complexity index is 1470. The number of benzene rings is 1. The van der Waals surface area contributed by atoms with Crippen molar-refractivity contribution in [1.82, 2.24) is 19.8 Å². The Labute approximate surface area is 230 Å². The molecule has 2 aromatic heterocycles. The van der Waals surface area contributed by atoms with Crippen LogP contribution in [0.5, 0.6) is 0 Å². The summed E-state index contributed by atoms with van der Waals surface area (Å²) in [5.74, 6) is -0.338. The first-order valence-electron chi connectivity index (χ1n) is 14.5. The van der Waals surface area contributed by atoms with E-state index < -0.39 is 5.41 Å². The van der Waals surface area contributed by atoms with Crippen LogP contribution in [-0.2, 0) is 9.59 Å². The number of aromatic nitrogens is 2. The molecule has 2 fully saturated rings. The largest absolute Gasteiger partial charge is 0.353 e. The number of hydrogen-bond donors (Lipinski definition) is 1. The van der Waals surface area contributed by atoms with E-state index in [0.29, 0.717) is 32.5 Å². The zero-order chi connectivity index (χ0) is 27.0. The van der Waals surface area contributed by atoms with Gasteiger partial charge in [-0.2, -0.15) is 0 Å². The Morgan fingerprint density at radius 3 is 2.85 bits per heavy atom. The van der Waals surface area contributed by atoms with Crippen LogP contribution in [0, 0.1) is 11.3 Å². The number of unbranched alkanes of at least 4 members (excludes halogenated alkanes) is 2. The zero-order valence-electron chi connectivity index (χ0n) is 22.7. The molecule has 202 valence electrons. The molecule has 0 bridgehead atoms. The number of likely N-dealkylation sites (tertiary alicyclic amines) is 1. The van der Waals surface area contributed by atoms with Gasteiger partial charge in [-0.05, 0) is 69.1 Å². The van der Waals surface area contributed by atoms with Crippen LogP contribution in [0.15, 0.2) is 67.9 Å². The van der Waals surface area contributed by atoms with Crippen molar-refractivity contribution in [2.24, 2.45) is 11.3 Å². The maximum Gasteiger partial charge on any atom is 0.239 e. The fourth-order valence-corrected chi connectivity index (χ4v) is 7.16. The summed E-state index contributed by atoms with van der Waals surface area (Å²) in [5.41, 5.74) is 2.39. The van der Waals surface area contributed by atoms with E-state index in [9.17, 15) is 9.59 Å². The molecule has 3 aromatic rings. The number of H-pyrrole nitrogens is 1. The summed E-state index contributed by atoms with van der Waals surface area (Å²) in [7, 11) is 0. The number of pyridine rings is 1. The second-order valence-corrected chi connectivity index (χ2v) is 11.4. The minimum atomic E-state index is -1.14. The standard InChI is InChI=1S/C33H38N4O2/c1-3-4-5-11-19-36-21-17-27(33(31(36)38)22-24-13-8-6-7-12-20-37(24)32(33)39)23(2)29-30-26(16-18-34-29)25-14-9-10-15-28(25)35-30/h3,8-10,13-16,18,24,27,35H,1-2,4-7,11-12,17,19-22H2/b13-8-/t24-,27+,33+/m0/s1. The predicted octanol–water partition coefficient (Wildman–Crippen LogP) is 6.26. The van der Waals surface area contributed by atoms with Crippen molar-refractivity contribution in [3.05, 3.63) is 73.6 Å². The second-order valence-electron chi connectivity index (χ2n) is 11.4. The van der Waals surface area contributed by atoms with Crippen LogP contribution >= 0.6 is 0 Å². The van der Waals surface area contributed by atoms with E-state index in [0.717, 1.165) is 71.6 Å². The molecule has 2 amide bonds. The maximum absolute atomic E-state index is 14.5. The number of nitrogens with one attached hydrogen (secondary N) is 1. The van der Waals surface area contributed by atoms with Crippen molar-refractivity contribution >= 4 is 39.2 Å². The highest BCUT2D eigenvalue weighted by molar-refractivity contribution is 6.12. The lowest BCUT2D eigenvalue weighted by Gasteiger charge is -2.44.